The van der Waals surface area contributed by atoms with Crippen molar-refractivity contribution < 1.29 is 9.13 Å². The SMILES string of the molecule is Cc1ccc(N)c(C)c1OCc1c(F)cccc1Cl. The van der Waals surface area contributed by atoms with E-state index in [2.05, 4.69) is 0 Å². The van der Waals surface area contributed by atoms with Gasteiger partial charge in [-0.05, 0) is 37.6 Å². The second-order valence-electron chi connectivity index (χ2n) is 4.41. The molecule has 0 spiro atoms. The predicted molar refractivity (Wildman–Crippen MR) is 76.1 cm³/mol. The van der Waals surface area contributed by atoms with Gasteiger partial charge in [0.25, 0.3) is 0 Å². The van der Waals surface area contributed by atoms with E-state index in [-0.39, 0.29) is 12.4 Å². The van der Waals surface area contributed by atoms with Crippen molar-refractivity contribution in [1.29, 1.82) is 0 Å². The zero-order valence-electron chi connectivity index (χ0n) is 10.8. The van der Waals surface area contributed by atoms with Gasteiger partial charge in [-0.25, -0.2) is 4.39 Å². The topological polar surface area (TPSA) is 35.2 Å². The van der Waals surface area contributed by atoms with Gasteiger partial charge in [0.2, 0.25) is 0 Å². The molecule has 2 N–H and O–H groups in total. The lowest BCUT2D eigenvalue weighted by Crippen LogP contribution is -2.03. The Morgan fingerprint density at radius 1 is 1.21 bits per heavy atom. The fourth-order valence-corrected chi connectivity index (χ4v) is 2.10. The Balaban J connectivity index is 2.27. The average molecular weight is 280 g/mol. The molecule has 2 rings (SSSR count). The molecule has 0 saturated heterocycles. The fraction of sp³-hybridized carbons (Fsp3) is 0.200. The van der Waals surface area contributed by atoms with Gasteiger partial charge in [0.1, 0.15) is 18.2 Å². The molecule has 0 radical (unpaired) electrons. The highest BCUT2D eigenvalue weighted by molar-refractivity contribution is 6.31. The highest BCUT2D eigenvalue weighted by Crippen LogP contribution is 2.29. The molecule has 0 aliphatic heterocycles. The van der Waals surface area contributed by atoms with E-state index in [1.165, 1.54) is 6.07 Å². The quantitative estimate of drug-likeness (QED) is 0.852. The summed E-state index contributed by atoms with van der Waals surface area (Å²) in [5.41, 5.74) is 8.66. The maximum atomic E-state index is 13.6. The third kappa shape index (κ3) is 2.82. The predicted octanol–water partition coefficient (Wildman–Crippen LogP) is 4.26. The zero-order chi connectivity index (χ0) is 14.0. The molecule has 0 aliphatic carbocycles. The van der Waals surface area contributed by atoms with Crippen LogP contribution in [0.5, 0.6) is 5.75 Å². The van der Waals surface area contributed by atoms with Crippen molar-refractivity contribution in [2.24, 2.45) is 0 Å². The van der Waals surface area contributed by atoms with Gasteiger partial charge < -0.3 is 10.5 Å². The Hall–Kier alpha value is -1.74. The fourth-order valence-electron chi connectivity index (χ4n) is 1.88. The van der Waals surface area contributed by atoms with Crippen LogP contribution < -0.4 is 10.5 Å². The van der Waals surface area contributed by atoms with Crippen LogP contribution in [0.4, 0.5) is 10.1 Å². The summed E-state index contributed by atoms with van der Waals surface area (Å²) in [6.07, 6.45) is 0. The second-order valence-corrected chi connectivity index (χ2v) is 4.82. The van der Waals surface area contributed by atoms with Crippen molar-refractivity contribution in [1.82, 2.24) is 0 Å². The van der Waals surface area contributed by atoms with Gasteiger partial charge in [-0.2, -0.15) is 0 Å². The van der Waals surface area contributed by atoms with Crippen molar-refractivity contribution in [2.45, 2.75) is 20.5 Å². The van der Waals surface area contributed by atoms with Crippen LogP contribution >= 0.6 is 11.6 Å². The maximum Gasteiger partial charge on any atom is 0.131 e. The Kier molecular flexibility index (Phi) is 3.96. The van der Waals surface area contributed by atoms with Gasteiger partial charge in [-0.15, -0.1) is 0 Å². The number of hydrogen-bond acceptors (Lipinski definition) is 2. The first-order valence-corrected chi connectivity index (χ1v) is 6.30. The minimum absolute atomic E-state index is 0.0800. The summed E-state index contributed by atoms with van der Waals surface area (Å²) in [4.78, 5) is 0. The van der Waals surface area contributed by atoms with E-state index >= 15 is 0 Å². The zero-order valence-corrected chi connectivity index (χ0v) is 11.6. The van der Waals surface area contributed by atoms with Crippen LogP contribution in [0.3, 0.4) is 0 Å². The highest BCUT2D eigenvalue weighted by Gasteiger charge is 2.11. The van der Waals surface area contributed by atoms with Crippen LogP contribution in [-0.4, -0.2) is 0 Å². The smallest absolute Gasteiger partial charge is 0.131 e. The lowest BCUT2D eigenvalue weighted by Gasteiger charge is -2.14. The van der Waals surface area contributed by atoms with Crippen molar-refractivity contribution in [3.8, 4) is 5.75 Å². The number of nitrogen functional groups attached to an aromatic ring is 1. The van der Waals surface area contributed by atoms with Crippen molar-refractivity contribution in [2.75, 3.05) is 5.73 Å². The molecule has 2 aromatic rings. The average Bonchev–Trinajstić information content (AvgIpc) is 2.37. The minimum Gasteiger partial charge on any atom is -0.488 e. The van der Waals surface area contributed by atoms with E-state index in [9.17, 15) is 4.39 Å². The van der Waals surface area contributed by atoms with E-state index in [0.29, 0.717) is 22.0 Å². The summed E-state index contributed by atoms with van der Waals surface area (Å²) in [5.74, 6) is 0.311. The second kappa shape index (κ2) is 5.49. The summed E-state index contributed by atoms with van der Waals surface area (Å²) < 4.78 is 19.3. The maximum absolute atomic E-state index is 13.6. The molecular formula is C15H15ClFNO. The summed E-state index contributed by atoms with van der Waals surface area (Å²) in [6, 6.07) is 8.28. The number of anilines is 1. The van der Waals surface area contributed by atoms with E-state index in [1.807, 2.05) is 26.0 Å². The molecule has 0 fully saturated rings. The molecule has 4 heteroatoms. The first-order valence-electron chi connectivity index (χ1n) is 5.92. The number of benzene rings is 2. The first-order chi connectivity index (χ1) is 9.00. The van der Waals surface area contributed by atoms with Crippen LogP contribution in [-0.2, 0) is 6.61 Å². The summed E-state index contributed by atoms with van der Waals surface area (Å²) in [6.45, 7) is 3.88. The van der Waals surface area contributed by atoms with Crippen molar-refractivity contribution >= 4 is 17.3 Å². The standard InChI is InChI=1S/C15H15ClFNO/c1-9-6-7-14(18)10(2)15(9)19-8-11-12(16)4-3-5-13(11)17/h3-7H,8,18H2,1-2H3. The van der Waals surface area contributed by atoms with Gasteiger partial charge in [0, 0.05) is 16.8 Å². The first kappa shape index (κ1) is 13.7. The molecule has 0 atom stereocenters. The van der Waals surface area contributed by atoms with Crippen molar-refractivity contribution in [3.05, 3.63) is 57.9 Å². The number of rotatable bonds is 3. The number of halogens is 2. The Morgan fingerprint density at radius 3 is 2.63 bits per heavy atom. The van der Waals surface area contributed by atoms with E-state index in [4.69, 9.17) is 22.1 Å². The molecule has 0 aliphatic rings. The normalized spacial score (nSPS) is 10.5. The van der Waals surface area contributed by atoms with Crippen LogP contribution in [0.2, 0.25) is 5.02 Å². The Morgan fingerprint density at radius 2 is 1.95 bits per heavy atom. The molecule has 100 valence electrons. The molecule has 0 amide bonds. The van der Waals surface area contributed by atoms with Gasteiger partial charge in [-0.3, -0.25) is 0 Å². The third-order valence-electron chi connectivity index (χ3n) is 3.07. The van der Waals surface area contributed by atoms with Crippen LogP contribution in [0, 0.1) is 19.7 Å². The third-order valence-corrected chi connectivity index (χ3v) is 3.42. The van der Waals surface area contributed by atoms with Crippen molar-refractivity contribution in [3.63, 3.8) is 0 Å². The molecule has 0 heterocycles. The molecule has 0 aromatic heterocycles. The number of nitrogens with two attached hydrogens (primary N) is 1. The summed E-state index contributed by atoms with van der Waals surface area (Å²) in [7, 11) is 0. The summed E-state index contributed by atoms with van der Waals surface area (Å²) in [5, 5.41) is 0.360. The molecule has 0 saturated carbocycles. The minimum atomic E-state index is -0.369. The van der Waals surface area contributed by atoms with E-state index < -0.39 is 0 Å². The van der Waals surface area contributed by atoms with Gasteiger partial charge in [0.15, 0.2) is 0 Å². The lowest BCUT2D eigenvalue weighted by atomic mass is 10.1. The number of hydrogen-bond donors (Lipinski definition) is 1. The van der Waals surface area contributed by atoms with Gasteiger partial charge in [0.05, 0.1) is 5.02 Å². The molecule has 0 bridgehead atoms. The van der Waals surface area contributed by atoms with E-state index in [1.54, 1.807) is 12.1 Å². The largest absolute Gasteiger partial charge is 0.488 e. The van der Waals surface area contributed by atoms with Crippen LogP contribution in [0.25, 0.3) is 0 Å². The Bertz CT molecular complexity index is 593. The molecule has 2 aromatic carbocycles. The van der Waals surface area contributed by atoms with E-state index in [0.717, 1.165) is 11.1 Å². The monoisotopic (exact) mass is 279 g/mol. The molecule has 2 nitrogen and oxygen atoms in total. The summed E-state index contributed by atoms with van der Waals surface area (Å²) >= 11 is 5.96. The van der Waals surface area contributed by atoms with Gasteiger partial charge in [-0.1, -0.05) is 23.7 Å². The molecule has 19 heavy (non-hydrogen) atoms. The highest BCUT2D eigenvalue weighted by atomic mass is 35.5. The van der Waals surface area contributed by atoms with Crippen LogP contribution in [0.1, 0.15) is 16.7 Å². The number of aryl methyl sites for hydroxylation is 1. The number of ether oxygens (including phenoxy) is 1. The molecular weight excluding hydrogens is 265 g/mol. The lowest BCUT2D eigenvalue weighted by molar-refractivity contribution is 0.296. The molecule has 0 unspecified atom stereocenters. The van der Waals surface area contributed by atoms with Gasteiger partial charge >= 0.3 is 0 Å². The van der Waals surface area contributed by atoms with Crippen LogP contribution in [0.15, 0.2) is 30.3 Å². The Labute approximate surface area is 117 Å².